The Morgan fingerprint density at radius 2 is 2.33 bits per heavy atom. The van der Waals surface area contributed by atoms with Crippen LogP contribution in [0.4, 0.5) is 5.69 Å². The molecule has 0 aromatic heterocycles. The van der Waals surface area contributed by atoms with Gasteiger partial charge in [-0.2, -0.15) is 0 Å². The predicted molar refractivity (Wildman–Crippen MR) is 62.5 cm³/mol. The van der Waals surface area contributed by atoms with Crippen LogP contribution in [-0.4, -0.2) is 19.7 Å². The van der Waals surface area contributed by atoms with E-state index in [1.807, 2.05) is 6.07 Å². The number of rotatable bonds is 3. The third-order valence-electron chi connectivity index (χ3n) is 3.04. The van der Waals surface area contributed by atoms with Crippen molar-refractivity contribution >= 4 is 5.69 Å². The average molecular weight is 206 g/mol. The standard InChI is InChI=1S/C12H18N2O/c1-8-3-4-11(15-2)12-10(8)7-9(14-12)5-6-13/h3-4,9,14H,5-7,13H2,1-2H3. The number of hydrogen-bond donors (Lipinski definition) is 2. The van der Waals surface area contributed by atoms with Gasteiger partial charge in [0, 0.05) is 6.04 Å². The van der Waals surface area contributed by atoms with Gasteiger partial charge in [0.15, 0.2) is 0 Å². The minimum absolute atomic E-state index is 0.472. The summed E-state index contributed by atoms with van der Waals surface area (Å²) in [5, 5.41) is 3.49. The van der Waals surface area contributed by atoms with Crippen LogP contribution >= 0.6 is 0 Å². The first-order chi connectivity index (χ1) is 7.26. The molecule has 0 radical (unpaired) electrons. The average Bonchev–Trinajstić information content (AvgIpc) is 2.64. The third kappa shape index (κ3) is 1.79. The maximum atomic E-state index is 5.58. The van der Waals surface area contributed by atoms with Crippen LogP contribution in [-0.2, 0) is 6.42 Å². The molecule has 2 rings (SSSR count). The molecular formula is C12H18N2O. The highest BCUT2D eigenvalue weighted by Gasteiger charge is 2.24. The molecule has 1 atom stereocenters. The quantitative estimate of drug-likeness (QED) is 0.791. The van der Waals surface area contributed by atoms with Gasteiger partial charge in [0.1, 0.15) is 5.75 Å². The van der Waals surface area contributed by atoms with E-state index in [9.17, 15) is 0 Å². The molecule has 1 aromatic rings. The fourth-order valence-electron chi connectivity index (χ4n) is 2.20. The first-order valence-electron chi connectivity index (χ1n) is 5.39. The zero-order chi connectivity index (χ0) is 10.8. The molecule has 0 saturated heterocycles. The number of anilines is 1. The van der Waals surface area contributed by atoms with Crippen molar-refractivity contribution in [2.45, 2.75) is 25.8 Å². The van der Waals surface area contributed by atoms with Crippen LogP contribution in [0, 0.1) is 6.92 Å². The molecule has 0 fully saturated rings. The number of aryl methyl sites for hydroxylation is 1. The maximum Gasteiger partial charge on any atom is 0.142 e. The van der Waals surface area contributed by atoms with Crippen LogP contribution in [0.15, 0.2) is 12.1 Å². The Kier molecular flexibility index (Phi) is 2.82. The molecule has 0 bridgehead atoms. The highest BCUT2D eigenvalue weighted by molar-refractivity contribution is 5.68. The van der Waals surface area contributed by atoms with E-state index in [-0.39, 0.29) is 0 Å². The van der Waals surface area contributed by atoms with Gasteiger partial charge in [-0.1, -0.05) is 6.07 Å². The van der Waals surface area contributed by atoms with Crippen LogP contribution in [0.5, 0.6) is 5.75 Å². The lowest BCUT2D eigenvalue weighted by Gasteiger charge is -2.11. The van der Waals surface area contributed by atoms with Crippen molar-refractivity contribution in [2.75, 3.05) is 19.0 Å². The number of fused-ring (bicyclic) bond motifs is 1. The summed E-state index contributed by atoms with van der Waals surface area (Å²) in [4.78, 5) is 0. The molecule has 0 saturated carbocycles. The lowest BCUT2D eigenvalue weighted by Crippen LogP contribution is -2.19. The molecule has 1 heterocycles. The first kappa shape index (κ1) is 10.3. The Morgan fingerprint density at radius 3 is 3.00 bits per heavy atom. The summed E-state index contributed by atoms with van der Waals surface area (Å²) in [7, 11) is 1.71. The molecule has 1 aliphatic heterocycles. The maximum absolute atomic E-state index is 5.58. The molecule has 0 amide bonds. The first-order valence-corrected chi connectivity index (χ1v) is 5.39. The van der Waals surface area contributed by atoms with Crippen molar-refractivity contribution in [1.29, 1.82) is 0 Å². The van der Waals surface area contributed by atoms with Gasteiger partial charge in [0.2, 0.25) is 0 Å². The number of nitrogens with two attached hydrogens (primary N) is 1. The van der Waals surface area contributed by atoms with Crippen molar-refractivity contribution in [1.82, 2.24) is 0 Å². The molecular weight excluding hydrogens is 188 g/mol. The molecule has 82 valence electrons. The topological polar surface area (TPSA) is 47.3 Å². The van der Waals surface area contributed by atoms with Crippen LogP contribution < -0.4 is 15.8 Å². The summed E-state index contributed by atoms with van der Waals surface area (Å²) in [6, 6.07) is 4.61. The van der Waals surface area contributed by atoms with Crippen molar-refractivity contribution in [3.05, 3.63) is 23.3 Å². The summed E-state index contributed by atoms with van der Waals surface area (Å²) in [6.45, 7) is 2.87. The summed E-state index contributed by atoms with van der Waals surface area (Å²) >= 11 is 0. The third-order valence-corrected chi connectivity index (χ3v) is 3.04. The van der Waals surface area contributed by atoms with Gasteiger partial charge in [-0.3, -0.25) is 0 Å². The van der Waals surface area contributed by atoms with E-state index in [2.05, 4.69) is 18.3 Å². The molecule has 0 aliphatic carbocycles. The molecule has 1 aliphatic rings. The van der Waals surface area contributed by atoms with Crippen LogP contribution in [0.2, 0.25) is 0 Å². The van der Waals surface area contributed by atoms with E-state index in [1.54, 1.807) is 7.11 Å². The number of hydrogen-bond acceptors (Lipinski definition) is 3. The van der Waals surface area contributed by atoms with Crippen LogP contribution in [0.3, 0.4) is 0 Å². The summed E-state index contributed by atoms with van der Waals surface area (Å²) in [5.74, 6) is 0.940. The Hall–Kier alpha value is -1.22. The van der Waals surface area contributed by atoms with Crippen molar-refractivity contribution in [3.8, 4) is 5.75 Å². The summed E-state index contributed by atoms with van der Waals surface area (Å²) in [6.07, 6.45) is 2.08. The second-order valence-electron chi connectivity index (χ2n) is 4.06. The second kappa shape index (κ2) is 4.11. The van der Waals surface area contributed by atoms with E-state index in [0.29, 0.717) is 6.04 Å². The Morgan fingerprint density at radius 1 is 1.53 bits per heavy atom. The van der Waals surface area contributed by atoms with E-state index >= 15 is 0 Å². The van der Waals surface area contributed by atoms with Gasteiger partial charge < -0.3 is 15.8 Å². The lowest BCUT2D eigenvalue weighted by atomic mass is 10.0. The van der Waals surface area contributed by atoms with Gasteiger partial charge in [0.25, 0.3) is 0 Å². The number of benzene rings is 1. The monoisotopic (exact) mass is 206 g/mol. The smallest absolute Gasteiger partial charge is 0.142 e. The number of methoxy groups -OCH3 is 1. The largest absolute Gasteiger partial charge is 0.495 e. The number of ether oxygens (including phenoxy) is 1. The van der Waals surface area contributed by atoms with E-state index in [1.165, 1.54) is 11.1 Å². The van der Waals surface area contributed by atoms with Crippen molar-refractivity contribution < 1.29 is 4.74 Å². The minimum Gasteiger partial charge on any atom is -0.495 e. The summed E-state index contributed by atoms with van der Waals surface area (Å²) in [5.41, 5.74) is 9.46. The van der Waals surface area contributed by atoms with E-state index in [0.717, 1.165) is 30.8 Å². The highest BCUT2D eigenvalue weighted by atomic mass is 16.5. The molecule has 1 unspecified atom stereocenters. The van der Waals surface area contributed by atoms with Gasteiger partial charge in [0.05, 0.1) is 12.8 Å². The normalized spacial score (nSPS) is 18.5. The fourth-order valence-corrected chi connectivity index (χ4v) is 2.20. The molecule has 0 spiro atoms. The van der Waals surface area contributed by atoms with E-state index < -0.39 is 0 Å². The van der Waals surface area contributed by atoms with Crippen LogP contribution in [0.25, 0.3) is 0 Å². The summed E-state index contributed by atoms with van der Waals surface area (Å²) < 4.78 is 5.34. The lowest BCUT2D eigenvalue weighted by molar-refractivity contribution is 0.416. The minimum atomic E-state index is 0.472. The zero-order valence-corrected chi connectivity index (χ0v) is 9.34. The molecule has 15 heavy (non-hydrogen) atoms. The molecule has 1 aromatic carbocycles. The SMILES string of the molecule is COc1ccc(C)c2c1NC(CCN)C2. The Balaban J connectivity index is 2.30. The number of nitrogens with one attached hydrogen (secondary N) is 1. The van der Waals surface area contributed by atoms with Crippen molar-refractivity contribution in [3.63, 3.8) is 0 Å². The Labute approximate surface area is 90.6 Å². The predicted octanol–water partition coefficient (Wildman–Crippen LogP) is 1.69. The van der Waals surface area contributed by atoms with Gasteiger partial charge >= 0.3 is 0 Å². The van der Waals surface area contributed by atoms with Gasteiger partial charge in [-0.25, -0.2) is 0 Å². The van der Waals surface area contributed by atoms with E-state index in [4.69, 9.17) is 10.5 Å². The fraction of sp³-hybridized carbons (Fsp3) is 0.500. The second-order valence-corrected chi connectivity index (χ2v) is 4.06. The zero-order valence-electron chi connectivity index (χ0n) is 9.34. The molecule has 3 heteroatoms. The van der Waals surface area contributed by atoms with Crippen molar-refractivity contribution in [2.24, 2.45) is 5.73 Å². The molecule has 3 nitrogen and oxygen atoms in total. The Bertz CT molecular complexity index is 363. The molecule has 3 N–H and O–H groups in total. The highest BCUT2D eigenvalue weighted by Crippen LogP contribution is 2.37. The van der Waals surface area contributed by atoms with Gasteiger partial charge in [-0.05, 0) is 43.5 Å². The van der Waals surface area contributed by atoms with Gasteiger partial charge in [-0.15, -0.1) is 0 Å². The van der Waals surface area contributed by atoms with Crippen LogP contribution in [0.1, 0.15) is 17.5 Å².